The van der Waals surface area contributed by atoms with Crippen LogP contribution in [-0.4, -0.2) is 35.3 Å². The number of hydrogen-bond donors (Lipinski definition) is 2. The van der Waals surface area contributed by atoms with E-state index in [1.54, 1.807) is 6.92 Å². The van der Waals surface area contributed by atoms with E-state index in [4.69, 9.17) is 0 Å². The van der Waals surface area contributed by atoms with Gasteiger partial charge in [0.2, 0.25) is 5.91 Å². The summed E-state index contributed by atoms with van der Waals surface area (Å²) in [6.07, 6.45) is 5.05. The number of imide groups is 1. The molecule has 0 aliphatic carbocycles. The second-order valence-corrected chi connectivity index (χ2v) is 8.69. The van der Waals surface area contributed by atoms with E-state index in [-0.39, 0.29) is 18.5 Å². The first kappa shape index (κ1) is 22.9. The van der Waals surface area contributed by atoms with Crippen molar-refractivity contribution in [2.45, 2.75) is 78.3 Å². The lowest BCUT2D eigenvalue weighted by molar-refractivity contribution is -0.135. The van der Waals surface area contributed by atoms with Gasteiger partial charge < -0.3 is 10.6 Å². The maximum Gasteiger partial charge on any atom is 0.325 e. The number of carbonyl (C=O) groups is 3. The highest BCUT2D eigenvalue weighted by Crippen LogP contribution is 2.29. The molecule has 2 atom stereocenters. The van der Waals surface area contributed by atoms with Crippen molar-refractivity contribution in [1.29, 1.82) is 0 Å². The predicted molar refractivity (Wildman–Crippen MR) is 114 cm³/mol. The highest BCUT2D eigenvalue weighted by Gasteiger charge is 2.49. The molecule has 0 spiro atoms. The Labute approximate surface area is 174 Å². The summed E-state index contributed by atoms with van der Waals surface area (Å²) >= 11 is 0. The van der Waals surface area contributed by atoms with Gasteiger partial charge in [-0.2, -0.15) is 0 Å². The second kappa shape index (κ2) is 9.90. The molecular weight excluding hydrogens is 366 g/mol. The van der Waals surface area contributed by atoms with Crippen LogP contribution in [0, 0.1) is 5.92 Å². The van der Waals surface area contributed by atoms with Crippen molar-refractivity contribution < 1.29 is 14.4 Å². The lowest BCUT2D eigenvalue weighted by atomic mass is 9.91. The summed E-state index contributed by atoms with van der Waals surface area (Å²) in [6.45, 7) is 9.84. The summed E-state index contributed by atoms with van der Waals surface area (Å²) in [7, 11) is 0. The fourth-order valence-electron chi connectivity index (χ4n) is 3.70. The summed E-state index contributed by atoms with van der Waals surface area (Å²) in [5.41, 5.74) is 0.769. The normalized spacial score (nSPS) is 20.1. The lowest BCUT2D eigenvalue weighted by Gasteiger charge is -2.22. The van der Waals surface area contributed by atoms with Crippen molar-refractivity contribution in [3.05, 3.63) is 35.4 Å². The molecule has 0 saturated carbocycles. The molecule has 4 amide bonds. The Bertz CT molecular complexity index is 729. The molecule has 1 aromatic rings. The summed E-state index contributed by atoms with van der Waals surface area (Å²) in [5, 5.41) is 5.66. The van der Waals surface area contributed by atoms with E-state index in [9.17, 15) is 14.4 Å². The third-order valence-electron chi connectivity index (χ3n) is 5.47. The smallest absolute Gasteiger partial charge is 0.325 e. The second-order valence-electron chi connectivity index (χ2n) is 8.69. The molecule has 1 fully saturated rings. The maximum atomic E-state index is 13.0. The van der Waals surface area contributed by atoms with Gasteiger partial charge in [0.1, 0.15) is 12.1 Å². The number of urea groups is 1. The van der Waals surface area contributed by atoms with Crippen molar-refractivity contribution in [1.82, 2.24) is 15.5 Å². The number of benzene rings is 1. The molecule has 6 nitrogen and oxygen atoms in total. The van der Waals surface area contributed by atoms with Crippen molar-refractivity contribution in [2.75, 3.05) is 6.54 Å². The Morgan fingerprint density at radius 3 is 2.38 bits per heavy atom. The van der Waals surface area contributed by atoms with E-state index in [0.717, 1.165) is 42.6 Å². The topological polar surface area (TPSA) is 78.5 Å². The minimum absolute atomic E-state index is 0.0134. The van der Waals surface area contributed by atoms with Gasteiger partial charge in [0.15, 0.2) is 0 Å². The molecule has 1 heterocycles. The molecule has 1 aliphatic heterocycles. The average Bonchev–Trinajstić information content (AvgIpc) is 2.86. The van der Waals surface area contributed by atoms with E-state index in [1.165, 1.54) is 5.56 Å². The molecular formula is C23H35N3O3. The Balaban J connectivity index is 1.98. The first-order valence-electron chi connectivity index (χ1n) is 10.7. The number of carbonyl (C=O) groups excluding carboxylic acids is 3. The molecule has 2 N–H and O–H groups in total. The van der Waals surface area contributed by atoms with Gasteiger partial charge in [0, 0.05) is 6.04 Å². The van der Waals surface area contributed by atoms with Crippen LogP contribution < -0.4 is 10.6 Å². The van der Waals surface area contributed by atoms with E-state index in [0.29, 0.717) is 5.92 Å². The van der Waals surface area contributed by atoms with Crippen LogP contribution >= 0.6 is 0 Å². The van der Waals surface area contributed by atoms with Crippen LogP contribution in [0.3, 0.4) is 0 Å². The fraction of sp³-hybridized carbons (Fsp3) is 0.609. The Morgan fingerprint density at radius 1 is 1.14 bits per heavy atom. The maximum absolute atomic E-state index is 13.0. The van der Waals surface area contributed by atoms with Crippen molar-refractivity contribution in [3.63, 3.8) is 0 Å². The first-order valence-corrected chi connectivity index (χ1v) is 10.7. The monoisotopic (exact) mass is 401 g/mol. The van der Waals surface area contributed by atoms with Gasteiger partial charge in [0.25, 0.3) is 5.91 Å². The number of aryl methyl sites for hydroxylation is 1. The van der Waals surface area contributed by atoms with Gasteiger partial charge in [-0.3, -0.25) is 14.5 Å². The zero-order valence-corrected chi connectivity index (χ0v) is 18.4. The summed E-state index contributed by atoms with van der Waals surface area (Å²) in [6, 6.07) is 7.21. The minimum Gasteiger partial charge on any atom is -0.352 e. The molecule has 0 radical (unpaired) electrons. The summed E-state index contributed by atoms with van der Waals surface area (Å²) in [5.74, 6) is -0.0704. The van der Waals surface area contributed by atoms with E-state index in [2.05, 4.69) is 31.4 Å². The zero-order valence-electron chi connectivity index (χ0n) is 18.4. The summed E-state index contributed by atoms with van der Waals surface area (Å²) in [4.78, 5) is 38.8. The third kappa shape index (κ3) is 5.81. The molecule has 160 valence electrons. The molecule has 6 heteroatoms. The van der Waals surface area contributed by atoms with Crippen LogP contribution in [0.4, 0.5) is 4.79 Å². The Kier molecular flexibility index (Phi) is 7.82. The Morgan fingerprint density at radius 2 is 1.79 bits per heavy atom. The zero-order chi connectivity index (χ0) is 21.6. The van der Waals surface area contributed by atoms with Gasteiger partial charge in [-0.25, -0.2) is 4.79 Å². The Hall–Kier alpha value is -2.37. The van der Waals surface area contributed by atoms with Gasteiger partial charge in [-0.15, -0.1) is 0 Å². The van der Waals surface area contributed by atoms with Crippen LogP contribution in [0.1, 0.15) is 71.4 Å². The van der Waals surface area contributed by atoms with Gasteiger partial charge in [0.05, 0.1) is 0 Å². The van der Waals surface area contributed by atoms with Gasteiger partial charge in [-0.05, 0) is 43.7 Å². The number of nitrogens with one attached hydrogen (secondary N) is 2. The number of hydrogen-bond acceptors (Lipinski definition) is 3. The predicted octanol–water partition coefficient (Wildman–Crippen LogP) is 3.74. The van der Waals surface area contributed by atoms with Crippen LogP contribution in [-0.2, 0) is 21.5 Å². The first-order chi connectivity index (χ1) is 13.7. The lowest BCUT2D eigenvalue weighted by Crippen LogP contribution is -2.45. The van der Waals surface area contributed by atoms with Gasteiger partial charge >= 0.3 is 6.03 Å². The molecule has 1 saturated heterocycles. The fourth-order valence-corrected chi connectivity index (χ4v) is 3.70. The molecule has 2 unspecified atom stereocenters. The van der Waals surface area contributed by atoms with Crippen molar-refractivity contribution >= 4 is 17.8 Å². The van der Waals surface area contributed by atoms with Crippen LogP contribution in [0.15, 0.2) is 24.3 Å². The number of amides is 4. The minimum atomic E-state index is -1.15. The average molecular weight is 402 g/mol. The summed E-state index contributed by atoms with van der Waals surface area (Å²) < 4.78 is 0. The molecule has 2 rings (SSSR count). The van der Waals surface area contributed by atoms with Gasteiger partial charge in [-0.1, -0.05) is 64.3 Å². The largest absolute Gasteiger partial charge is 0.352 e. The van der Waals surface area contributed by atoms with E-state index in [1.807, 2.05) is 31.2 Å². The highest BCUT2D eigenvalue weighted by molar-refractivity contribution is 6.09. The van der Waals surface area contributed by atoms with Crippen LogP contribution in [0.25, 0.3) is 0 Å². The van der Waals surface area contributed by atoms with E-state index < -0.39 is 17.5 Å². The van der Waals surface area contributed by atoms with E-state index >= 15 is 0 Å². The standard InChI is InChI=1S/C23H35N3O3/c1-6-8-18-11-13-19(14-12-18)23(5)21(28)26(22(29)25-23)15-20(27)24-17(4)10-7-9-16(2)3/h11-14,16-17H,6-10,15H2,1-5H3,(H,24,27)(H,25,29). The quantitative estimate of drug-likeness (QED) is 0.586. The number of rotatable bonds is 10. The van der Waals surface area contributed by atoms with Crippen LogP contribution in [0.5, 0.6) is 0 Å². The number of nitrogens with zero attached hydrogens (tertiary/aromatic N) is 1. The van der Waals surface area contributed by atoms with Crippen LogP contribution in [0.2, 0.25) is 0 Å². The molecule has 1 aliphatic rings. The molecule has 0 bridgehead atoms. The van der Waals surface area contributed by atoms with Crippen molar-refractivity contribution in [2.24, 2.45) is 5.92 Å². The third-order valence-corrected chi connectivity index (χ3v) is 5.47. The highest BCUT2D eigenvalue weighted by atomic mass is 16.2. The molecule has 29 heavy (non-hydrogen) atoms. The van der Waals surface area contributed by atoms with Crippen molar-refractivity contribution in [3.8, 4) is 0 Å². The molecule has 0 aromatic heterocycles. The SMILES string of the molecule is CCCc1ccc(C2(C)NC(=O)N(CC(=O)NC(C)CCCC(C)C)C2=O)cc1. The molecule has 1 aromatic carbocycles.